The van der Waals surface area contributed by atoms with Gasteiger partial charge >= 0.3 is 0 Å². The predicted octanol–water partition coefficient (Wildman–Crippen LogP) is 1.54. The van der Waals surface area contributed by atoms with E-state index in [9.17, 15) is 9.59 Å². The topological polar surface area (TPSA) is 55.7 Å². The van der Waals surface area contributed by atoms with Crippen molar-refractivity contribution in [1.29, 1.82) is 0 Å². The van der Waals surface area contributed by atoms with Gasteiger partial charge in [0.15, 0.2) is 6.61 Å². The molecule has 1 aromatic carbocycles. The molecule has 78 valence electrons. The van der Waals surface area contributed by atoms with Gasteiger partial charge in [0.2, 0.25) is 6.08 Å². The van der Waals surface area contributed by atoms with Crippen molar-refractivity contribution in [2.45, 2.75) is 13.8 Å². The number of hydrogen-bond acceptors (Lipinski definition) is 3. The summed E-state index contributed by atoms with van der Waals surface area (Å²) in [5.74, 6) is 0.0274. The van der Waals surface area contributed by atoms with E-state index in [4.69, 9.17) is 4.74 Å². The SMILES string of the molecule is Cc1cccc(C)c1OCC(=O)N=C=O. The number of nitrogens with zero attached hydrogens (tertiary/aromatic N) is 1. The van der Waals surface area contributed by atoms with E-state index in [2.05, 4.69) is 4.99 Å². The molecule has 0 fully saturated rings. The van der Waals surface area contributed by atoms with Gasteiger partial charge in [0, 0.05) is 0 Å². The van der Waals surface area contributed by atoms with E-state index in [1.54, 1.807) is 0 Å². The van der Waals surface area contributed by atoms with Crippen molar-refractivity contribution >= 4 is 12.0 Å². The molecule has 0 aliphatic heterocycles. The molecule has 0 aliphatic carbocycles. The van der Waals surface area contributed by atoms with Crippen molar-refractivity contribution in [3.63, 3.8) is 0 Å². The summed E-state index contributed by atoms with van der Waals surface area (Å²) in [4.78, 5) is 23.6. The molecule has 4 heteroatoms. The zero-order valence-corrected chi connectivity index (χ0v) is 8.61. The van der Waals surface area contributed by atoms with Crippen LogP contribution in [0, 0.1) is 13.8 Å². The molecule has 0 aromatic heterocycles. The first kappa shape index (κ1) is 11.1. The number of isocyanates is 1. The van der Waals surface area contributed by atoms with Gasteiger partial charge < -0.3 is 4.74 Å². The Hall–Kier alpha value is -1.93. The smallest absolute Gasteiger partial charge is 0.294 e. The standard InChI is InChI=1S/C11H11NO3/c1-8-4-3-5-9(2)11(8)15-6-10(14)12-7-13/h3-5H,6H2,1-2H3. The fraction of sp³-hybridized carbons (Fsp3) is 0.273. The lowest BCUT2D eigenvalue weighted by atomic mass is 10.1. The maximum Gasteiger partial charge on any atom is 0.294 e. The van der Waals surface area contributed by atoms with E-state index in [1.165, 1.54) is 6.08 Å². The summed E-state index contributed by atoms with van der Waals surface area (Å²) in [6.45, 7) is 3.53. The highest BCUT2D eigenvalue weighted by atomic mass is 16.5. The molecule has 0 N–H and O–H groups in total. The van der Waals surface area contributed by atoms with Gasteiger partial charge in [-0.1, -0.05) is 18.2 Å². The molecule has 0 heterocycles. The number of hydrogen-bond donors (Lipinski definition) is 0. The lowest BCUT2D eigenvalue weighted by molar-refractivity contribution is -0.119. The fourth-order valence-corrected chi connectivity index (χ4v) is 1.24. The van der Waals surface area contributed by atoms with Crippen LogP contribution >= 0.6 is 0 Å². The summed E-state index contributed by atoms with van der Waals surface area (Å²) in [5.41, 5.74) is 1.88. The van der Waals surface area contributed by atoms with E-state index in [-0.39, 0.29) is 6.61 Å². The van der Waals surface area contributed by atoms with Gasteiger partial charge in [-0.25, -0.2) is 4.79 Å². The average molecular weight is 205 g/mol. The molecule has 0 atom stereocenters. The van der Waals surface area contributed by atoms with Crippen LogP contribution in [0.2, 0.25) is 0 Å². The van der Waals surface area contributed by atoms with E-state index in [1.807, 2.05) is 32.0 Å². The second kappa shape index (κ2) is 5.08. The predicted molar refractivity (Wildman–Crippen MR) is 54.5 cm³/mol. The van der Waals surface area contributed by atoms with Crippen LogP contribution in [-0.2, 0) is 9.59 Å². The summed E-state index contributed by atoms with van der Waals surface area (Å²) < 4.78 is 5.26. The van der Waals surface area contributed by atoms with Crippen molar-refractivity contribution in [2.24, 2.45) is 4.99 Å². The third-order valence-electron chi connectivity index (χ3n) is 1.92. The fourth-order valence-electron chi connectivity index (χ4n) is 1.24. The average Bonchev–Trinajstić information content (AvgIpc) is 2.17. The Labute approximate surface area is 87.6 Å². The van der Waals surface area contributed by atoms with Gasteiger partial charge in [-0.15, -0.1) is 4.99 Å². The molecule has 1 amide bonds. The largest absolute Gasteiger partial charge is 0.483 e. The highest BCUT2D eigenvalue weighted by Crippen LogP contribution is 2.21. The third-order valence-corrected chi connectivity index (χ3v) is 1.92. The molecule has 4 nitrogen and oxygen atoms in total. The summed E-state index contributed by atoms with van der Waals surface area (Å²) in [6, 6.07) is 5.68. The number of rotatable bonds is 3. The first-order valence-electron chi connectivity index (χ1n) is 4.45. The zero-order valence-electron chi connectivity index (χ0n) is 8.61. The monoisotopic (exact) mass is 205 g/mol. The van der Waals surface area contributed by atoms with Crippen molar-refractivity contribution in [1.82, 2.24) is 0 Å². The van der Waals surface area contributed by atoms with Crippen molar-refractivity contribution < 1.29 is 14.3 Å². The first-order chi connectivity index (χ1) is 7.15. The highest BCUT2D eigenvalue weighted by molar-refractivity contribution is 5.82. The van der Waals surface area contributed by atoms with Crippen LogP contribution in [0.25, 0.3) is 0 Å². The van der Waals surface area contributed by atoms with Gasteiger partial charge in [-0.05, 0) is 25.0 Å². The molecule has 0 saturated carbocycles. The van der Waals surface area contributed by atoms with E-state index >= 15 is 0 Å². The number of para-hydroxylation sites is 1. The summed E-state index contributed by atoms with van der Waals surface area (Å²) in [6.07, 6.45) is 1.18. The number of aryl methyl sites for hydroxylation is 2. The van der Waals surface area contributed by atoms with Crippen LogP contribution < -0.4 is 4.74 Å². The van der Waals surface area contributed by atoms with Crippen LogP contribution in [0.15, 0.2) is 23.2 Å². The molecular formula is C11H11NO3. The van der Waals surface area contributed by atoms with Gasteiger partial charge in [-0.2, -0.15) is 0 Å². The molecule has 0 spiro atoms. The Morgan fingerprint density at radius 3 is 2.53 bits per heavy atom. The summed E-state index contributed by atoms with van der Waals surface area (Å²) in [5, 5.41) is 0. The number of benzene rings is 1. The molecule has 1 aromatic rings. The van der Waals surface area contributed by atoms with Crippen LogP contribution in [-0.4, -0.2) is 18.6 Å². The van der Waals surface area contributed by atoms with Gasteiger partial charge in [0.05, 0.1) is 0 Å². The Balaban J connectivity index is 2.73. The van der Waals surface area contributed by atoms with Gasteiger partial charge in [0.25, 0.3) is 5.91 Å². The Bertz CT molecular complexity index is 400. The number of carbonyl (C=O) groups is 1. The molecule has 1 rings (SSSR count). The normalized spacial score (nSPS) is 9.20. The minimum Gasteiger partial charge on any atom is -0.483 e. The molecular weight excluding hydrogens is 194 g/mol. The lowest BCUT2D eigenvalue weighted by Gasteiger charge is -2.09. The van der Waals surface area contributed by atoms with Crippen molar-refractivity contribution in [3.05, 3.63) is 29.3 Å². The third kappa shape index (κ3) is 3.04. The molecule has 0 saturated heterocycles. The second-order valence-electron chi connectivity index (χ2n) is 3.11. The number of amides is 1. The highest BCUT2D eigenvalue weighted by Gasteiger charge is 2.05. The Kier molecular flexibility index (Phi) is 3.77. The maximum absolute atomic E-state index is 10.9. The van der Waals surface area contributed by atoms with Crippen molar-refractivity contribution in [2.75, 3.05) is 6.61 Å². The molecule has 0 aliphatic rings. The maximum atomic E-state index is 10.9. The molecule has 15 heavy (non-hydrogen) atoms. The summed E-state index contributed by atoms with van der Waals surface area (Å²) in [7, 11) is 0. The van der Waals surface area contributed by atoms with E-state index in [0.717, 1.165) is 11.1 Å². The van der Waals surface area contributed by atoms with Crippen molar-refractivity contribution in [3.8, 4) is 5.75 Å². The lowest BCUT2D eigenvalue weighted by Crippen LogP contribution is -2.09. The number of carbonyl (C=O) groups excluding carboxylic acids is 2. The quantitative estimate of drug-likeness (QED) is 0.555. The Morgan fingerprint density at radius 1 is 1.40 bits per heavy atom. The van der Waals surface area contributed by atoms with E-state index in [0.29, 0.717) is 5.75 Å². The van der Waals surface area contributed by atoms with Gasteiger partial charge in [0.1, 0.15) is 5.75 Å². The molecule has 0 unspecified atom stereocenters. The minimum atomic E-state index is -0.632. The summed E-state index contributed by atoms with van der Waals surface area (Å²) >= 11 is 0. The van der Waals surface area contributed by atoms with Crippen LogP contribution in [0.3, 0.4) is 0 Å². The Morgan fingerprint density at radius 2 is 2.00 bits per heavy atom. The van der Waals surface area contributed by atoms with Crippen LogP contribution in [0.5, 0.6) is 5.75 Å². The molecule has 0 bridgehead atoms. The molecule has 0 radical (unpaired) electrons. The second-order valence-corrected chi connectivity index (χ2v) is 3.11. The van der Waals surface area contributed by atoms with Crippen LogP contribution in [0.1, 0.15) is 11.1 Å². The zero-order chi connectivity index (χ0) is 11.3. The van der Waals surface area contributed by atoms with Crippen LogP contribution in [0.4, 0.5) is 0 Å². The van der Waals surface area contributed by atoms with Gasteiger partial charge in [-0.3, -0.25) is 4.79 Å². The minimum absolute atomic E-state index is 0.235. The number of ether oxygens (including phenoxy) is 1. The number of aliphatic imine (C=N–C) groups is 1. The van der Waals surface area contributed by atoms with E-state index < -0.39 is 5.91 Å². The first-order valence-corrected chi connectivity index (χ1v) is 4.45.